The molecule has 0 fully saturated rings. The fraction of sp³-hybridized carbons (Fsp3) is 0.462. The van der Waals surface area contributed by atoms with Gasteiger partial charge in [0.15, 0.2) is 5.82 Å². The van der Waals surface area contributed by atoms with Crippen molar-refractivity contribution in [3.8, 4) is 0 Å². The second-order valence-corrected chi connectivity index (χ2v) is 5.00. The number of tetrazole rings is 1. The molecule has 1 unspecified atom stereocenters. The number of nitrogens with zero attached hydrogens (tertiary/aromatic N) is 4. The van der Waals surface area contributed by atoms with Crippen LogP contribution in [-0.2, 0) is 18.9 Å². The summed E-state index contributed by atoms with van der Waals surface area (Å²) in [6, 6.07) is 9.96. The highest BCUT2D eigenvalue weighted by Gasteiger charge is 2.30. The predicted octanol–water partition coefficient (Wildman–Crippen LogP) is 1.09. The van der Waals surface area contributed by atoms with Gasteiger partial charge in [-0.3, -0.25) is 0 Å². The van der Waals surface area contributed by atoms with E-state index < -0.39 is 6.10 Å². The molecule has 1 heterocycles. The minimum Gasteiger partial charge on any atom is -0.392 e. The summed E-state index contributed by atoms with van der Waals surface area (Å²) in [5, 5.41) is 22.1. The maximum atomic E-state index is 10.4. The number of hydrogen-bond acceptors (Lipinski definition) is 4. The van der Waals surface area contributed by atoms with Gasteiger partial charge in [0.2, 0.25) is 0 Å². The van der Waals surface area contributed by atoms with Gasteiger partial charge in [-0.15, -0.1) is 10.2 Å². The van der Waals surface area contributed by atoms with Crippen molar-refractivity contribution < 1.29 is 5.11 Å². The van der Waals surface area contributed by atoms with Crippen LogP contribution in [0.1, 0.15) is 25.2 Å². The number of rotatable bonds is 4. The third-order valence-electron chi connectivity index (χ3n) is 3.28. The van der Waals surface area contributed by atoms with E-state index in [-0.39, 0.29) is 5.41 Å². The summed E-state index contributed by atoms with van der Waals surface area (Å²) >= 11 is 0. The molecule has 96 valence electrons. The molecule has 1 atom stereocenters. The van der Waals surface area contributed by atoms with Crippen molar-refractivity contribution >= 4 is 0 Å². The Bertz CT molecular complexity index is 507. The number of hydrogen-bond donors (Lipinski definition) is 1. The average molecular weight is 246 g/mol. The molecule has 1 aromatic carbocycles. The molecule has 0 aliphatic rings. The third-order valence-corrected chi connectivity index (χ3v) is 3.28. The van der Waals surface area contributed by atoms with E-state index in [4.69, 9.17) is 0 Å². The van der Waals surface area contributed by atoms with Gasteiger partial charge in [-0.25, -0.2) is 0 Å². The lowest BCUT2D eigenvalue weighted by atomic mass is 9.78. The van der Waals surface area contributed by atoms with E-state index >= 15 is 0 Å². The summed E-state index contributed by atoms with van der Waals surface area (Å²) in [5.74, 6) is 0.564. The Morgan fingerprint density at radius 2 is 1.94 bits per heavy atom. The van der Waals surface area contributed by atoms with Gasteiger partial charge in [-0.2, -0.15) is 4.80 Å². The van der Waals surface area contributed by atoms with Gasteiger partial charge in [0.25, 0.3) is 0 Å². The third kappa shape index (κ3) is 2.56. The molecule has 2 rings (SSSR count). The fourth-order valence-corrected chi connectivity index (χ4v) is 1.89. The normalized spacial score (nSPS) is 13.6. The first kappa shape index (κ1) is 12.7. The molecule has 0 amide bonds. The number of aryl methyl sites for hydroxylation is 1. The Kier molecular flexibility index (Phi) is 3.43. The summed E-state index contributed by atoms with van der Waals surface area (Å²) in [6.07, 6.45) is -0.153. The van der Waals surface area contributed by atoms with Crippen LogP contribution in [0.3, 0.4) is 0 Å². The fourth-order valence-electron chi connectivity index (χ4n) is 1.89. The van der Waals surface area contributed by atoms with Crippen LogP contribution in [0.2, 0.25) is 0 Å². The first-order valence-corrected chi connectivity index (χ1v) is 5.96. The van der Waals surface area contributed by atoms with E-state index in [9.17, 15) is 5.11 Å². The van der Waals surface area contributed by atoms with E-state index in [0.29, 0.717) is 12.2 Å². The van der Waals surface area contributed by atoms with Crippen LogP contribution < -0.4 is 0 Å². The maximum Gasteiger partial charge on any atom is 0.177 e. The van der Waals surface area contributed by atoms with Crippen LogP contribution in [0, 0.1) is 0 Å². The van der Waals surface area contributed by atoms with Crippen molar-refractivity contribution in [1.82, 2.24) is 20.2 Å². The first-order valence-electron chi connectivity index (χ1n) is 5.96. The summed E-state index contributed by atoms with van der Waals surface area (Å²) in [4.78, 5) is 1.40. The largest absolute Gasteiger partial charge is 0.392 e. The minimum atomic E-state index is -0.552. The monoisotopic (exact) mass is 246 g/mol. The molecule has 1 aromatic heterocycles. The molecule has 0 saturated carbocycles. The molecule has 18 heavy (non-hydrogen) atoms. The van der Waals surface area contributed by atoms with Crippen molar-refractivity contribution in [1.29, 1.82) is 0 Å². The van der Waals surface area contributed by atoms with Crippen LogP contribution in [0.15, 0.2) is 30.3 Å². The van der Waals surface area contributed by atoms with Crippen molar-refractivity contribution in [2.45, 2.75) is 31.8 Å². The number of benzene rings is 1. The molecule has 1 N–H and O–H groups in total. The number of aromatic nitrogens is 4. The highest BCUT2D eigenvalue weighted by atomic mass is 16.3. The van der Waals surface area contributed by atoms with Crippen LogP contribution in [0.25, 0.3) is 0 Å². The SMILES string of the molecule is Cn1nnc(CC(O)C(C)(C)c2ccccc2)n1. The number of aliphatic hydroxyl groups is 1. The summed E-state index contributed by atoms with van der Waals surface area (Å²) in [6.45, 7) is 4.03. The quantitative estimate of drug-likeness (QED) is 0.877. The molecule has 2 aromatic rings. The Morgan fingerprint density at radius 1 is 1.28 bits per heavy atom. The zero-order valence-electron chi connectivity index (χ0n) is 10.9. The number of aliphatic hydroxyl groups excluding tert-OH is 1. The zero-order chi connectivity index (χ0) is 13.2. The summed E-state index contributed by atoms with van der Waals surface area (Å²) < 4.78 is 0. The van der Waals surface area contributed by atoms with Gasteiger partial charge in [0.05, 0.1) is 13.2 Å². The lowest BCUT2D eigenvalue weighted by Crippen LogP contribution is -2.35. The average Bonchev–Trinajstić information content (AvgIpc) is 2.76. The van der Waals surface area contributed by atoms with Crippen molar-refractivity contribution in [3.63, 3.8) is 0 Å². The Hall–Kier alpha value is -1.75. The van der Waals surface area contributed by atoms with Gasteiger partial charge >= 0.3 is 0 Å². The van der Waals surface area contributed by atoms with Crippen LogP contribution in [0.5, 0.6) is 0 Å². The van der Waals surface area contributed by atoms with E-state index in [2.05, 4.69) is 15.4 Å². The van der Waals surface area contributed by atoms with Gasteiger partial charge in [-0.1, -0.05) is 44.2 Å². The van der Waals surface area contributed by atoms with Gasteiger partial charge in [0, 0.05) is 11.8 Å². The molecule has 5 nitrogen and oxygen atoms in total. The van der Waals surface area contributed by atoms with Gasteiger partial charge < -0.3 is 5.11 Å². The maximum absolute atomic E-state index is 10.4. The minimum absolute atomic E-state index is 0.347. The molecular formula is C13H18N4O. The lowest BCUT2D eigenvalue weighted by Gasteiger charge is -2.30. The van der Waals surface area contributed by atoms with E-state index in [0.717, 1.165) is 5.56 Å². The Balaban J connectivity index is 2.15. The highest BCUT2D eigenvalue weighted by molar-refractivity contribution is 5.25. The van der Waals surface area contributed by atoms with Crippen molar-refractivity contribution in [2.24, 2.45) is 7.05 Å². The second kappa shape index (κ2) is 4.86. The first-order chi connectivity index (χ1) is 8.50. The van der Waals surface area contributed by atoms with E-state index in [1.54, 1.807) is 7.05 Å². The molecule has 0 aliphatic carbocycles. The lowest BCUT2D eigenvalue weighted by molar-refractivity contribution is 0.0979. The standard InChI is InChI=1S/C13H18N4O/c1-13(2,10-7-5-4-6-8-10)11(18)9-12-14-16-17(3)15-12/h4-8,11,18H,9H2,1-3H3. The second-order valence-electron chi connectivity index (χ2n) is 5.00. The van der Waals surface area contributed by atoms with E-state index in [1.165, 1.54) is 4.80 Å². The highest BCUT2D eigenvalue weighted by Crippen LogP contribution is 2.28. The zero-order valence-corrected chi connectivity index (χ0v) is 10.9. The molecule has 0 saturated heterocycles. The molecule has 0 aliphatic heterocycles. The summed E-state index contributed by atoms with van der Waals surface area (Å²) in [7, 11) is 1.71. The molecule has 0 bridgehead atoms. The Labute approximate surface area is 106 Å². The predicted molar refractivity (Wildman–Crippen MR) is 68.0 cm³/mol. The van der Waals surface area contributed by atoms with Crippen LogP contribution in [0.4, 0.5) is 0 Å². The van der Waals surface area contributed by atoms with Crippen molar-refractivity contribution in [2.75, 3.05) is 0 Å². The smallest absolute Gasteiger partial charge is 0.177 e. The Morgan fingerprint density at radius 3 is 2.50 bits per heavy atom. The van der Waals surface area contributed by atoms with Gasteiger partial charge in [0.1, 0.15) is 0 Å². The van der Waals surface area contributed by atoms with Crippen molar-refractivity contribution in [3.05, 3.63) is 41.7 Å². The molecular weight excluding hydrogens is 228 g/mol. The molecule has 5 heteroatoms. The van der Waals surface area contributed by atoms with Crippen LogP contribution in [-0.4, -0.2) is 31.4 Å². The molecule has 0 spiro atoms. The topological polar surface area (TPSA) is 63.8 Å². The van der Waals surface area contributed by atoms with Crippen LogP contribution >= 0.6 is 0 Å². The van der Waals surface area contributed by atoms with Gasteiger partial charge in [-0.05, 0) is 10.8 Å². The summed E-state index contributed by atoms with van der Waals surface area (Å²) in [5.41, 5.74) is 0.752. The molecule has 0 radical (unpaired) electrons. The van der Waals surface area contributed by atoms with E-state index in [1.807, 2.05) is 44.2 Å².